The summed E-state index contributed by atoms with van der Waals surface area (Å²) < 4.78 is 14.6. The van der Waals surface area contributed by atoms with Gasteiger partial charge in [-0.25, -0.2) is 4.39 Å². The van der Waals surface area contributed by atoms with E-state index in [1.807, 2.05) is 24.3 Å². The number of quaternary nitrogens is 2. The second-order valence-corrected chi connectivity index (χ2v) is 7.10. The maximum Gasteiger partial charge on any atom is 0.243 e. The van der Waals surface area contributed by atoms with E-state index in [-0.39, 0.29) is 12.0 Å². The predicted octanol–water partition coefficient (Wildman–Crippen LogP) is 2.01. The Hall–Kier alpha value is -2.49. The van der Waals surface area contributed by atoms with Crippen LogP contribution in [0, 0.1) is 5.82 Å². The molecule has 1 heterocycles. The summed E-state index contributed by atoms with van der Waals surface area (Å²) in [6.45, 7) is 3.96. The molecule has 0 aliphatic carbocycles. The number of benzene rings is 3. The zero-order valence-corrected chi connectivity index (χ0v) is 14.9. The van der Waals surface area contributed by atoms with Crippen LogP contribution < -0.4 is 9.80 Å². The molecule has 132 valence electrons. The van der Waals surface area contributed by atoms with E-state index in [0.29, 0.717) is 0 Å². The molecule has 0 saturated carbocycles. The van der Waals surface area contributed by atoms with Crippen LogP contribution in [0.15, 0.2) is 84.9 Å². The van der Waals surface area contributed by atoms with Gasteiger partial charge in [0, 0.05) is 11.1 Å². The SMILES string of the molecule is Fc1ccccc1C1[NH+](Cc2ccccc2)CC[NH+]1Cc1ccccc1. The number of halogens is 1. The van der Waals surface area contributed by atoms with E-state index in [9.17, 15) is 4.39 Å². The van der Waals surface area contributed by atoms with Gasteiger partial charge in [0.1, 0.15) is 37.6 Å². The summed E-state index contributed by atoms with van der Waals surface area (Å²) >= 11 is 0. The van der Waals surface area contributed by atoms with Crippen LogP contribution in [-0.2, 0) is 13.1 Å². The lowest BCUT2D eigenvalue weighted by Crippen LogP contribution is -3.22. The first-order valence-corrected chi connectivity index (χ1v) is 9.33. The largest absolute Gasteiger partial charge is 0.273 e. The van der Waals surface area contributed by atoms with Gasteiger partial charge in [0.25, 0.3) is 0 Å². The topological polar surface area (TPSA) is 8.88 Å². The van der Waals surface area contributed by atoms with E-state index < -0.39 is 0 Å². The number of hydrogen-bond donors (Lipinski definition) is 2. The first-order chi connectivity index (χ1) is 12.8. The van der Waals surface area contributed by atoms with Gasteiger partial charge < -0.3 is 0 Å². The molecular weight excluding hydrogens is 323 g/mol. The Morgan fingerprint density at radius 1 is 0.654 bits per heavy atom. The van der Waals surface area contributed by atoms with E-state index in [1.54, 1.807) is 12.1 Å². The maximum absolute atomic E-state index is 14.6. The maximum atomic E-state index is 14.6. The molecule has 0 spiro atoms. The fourth-order valence-corrected chi connectivity index (χ4v) is 4.14. The van der Waals surface area contributed by atoms with Crippen LogP contribution in [0.25, 0.3) is 0 Å². The molecule has 0 radical (unpaired) electrons. The molecule has 1 fully saturated rings. The zero-order valence-electron chi connectivity index (χ0n) is 14.9. The Bertz CT molecular complexity index is 786. The molecule has 2 nitrogen and oxygen atoms in total. The van der Waals surface area contributed by atoms with Gasteiger partial charge in [-0.2, -0.15) is 0 Å². The molecule has 0 bridgehead atoms. The first-order valence-electron chi connectivity index (χ1n) is 9.33. The van der Waals surface area contributed by atoms with Crippen molar-refractivity contribution in [1.82, 2.24) is 0 Å². The van der Waals surface area contributed by atoms with Gasteiger partial charge in [0.2, 0.25) is 6.17 Å². The number of rotatable bonds is 5. The van der Waals surface area contributed by atoms with E-state index in [1.165, 1.54) is 20.9 Å². The monoisotopic (exact) mass is 348 g/mol. The quantitative estimate of drug-likeness (QED) is 0.698. The van der Waals surface area contributed by atoms with Gasteiger partial charge in [0.15, 0.2) is 0 Å². The molecule has 3 heteroatoms. The number of nitrogens with one attached hydrogen (secondary N) is 2. The van der Waals surface area contributed by atoms with Crippen LogP contribution >= 0.6 is 0 Å². The molecule has 3 aromatic rings. The van der Waals surface area contributed by atoms with Crippen LogP contribution in [0.2, 0.25) is 0 Å². The highest BCUT2D eigenvalue weighted by molar-refractivity contribution is 5.19. The van der Waals surface area contributed by atoms with Crippen molar-refractivity contribution in [1.29, 1.82) is 0 Å². The van der Waals surface area contributed by atoms with Crippen molar-refractivity contribution in [2.45, 2.75) is 19.3 Å². The minimum absolute atomic E-state index is 0.0875. The highest BCUT2D eigenvalue weighted by Gasteiger charge is 2.42. The number of hydrogen-bond acceptors (Lipinski definition) is 0. The zero-order chi connectivity index (χ0) is 17.8. The third kappa shape index (κ3) is 3.69. The van der Waals surface area contributed by atoms with Crippen LogP contribution in [0.4, 0.5) is 4.39 Å². The van der Waals surface area contributed by atoms with Crippen molar-refractivity contribution in [3.63, 3.8) is 0 Å². The lowest BCUT2D eigenvalue weighted by Gasteiger charge is -2.25. The lowest BCUT2D eigenvalue weighted by molar-refractivity contribution is -1.09. The molecule has 0 amide bonds. The molecule has 1 aliphatic heterocycles. The molecule has 4 rings (SSSR count). The molecule has 3 aromatic carbocycles. The molecule has 2 unspecified atom stereocenters. The summed E-state index contributed by atoms with van der Waals surface area (Å²) in [5.74, 6) is -0.0875. The minimum Gasteiger partial charge on any atom is -0.273 e. The van der Waals surface area contributed by atoms with Gasteiger partial charge >= 0.3 is 0 Å². The summed E-state index contributed by atoms with van der Waals surface area (Å²) in [6, 6.07) is 28.4. The molecule has 1 saturated heterocycles. The fraction of sp³-hybridized carbons (Fsp3) is 0.217. The lowest BCUT2D eigenvalue weighted by atomic mass is 10.1. The third-order valence-corrected chi connectivity index (χ3v) is 5.35. The van der Waals surface area contributed by atoms with Crippen molar-refractivity contribution in [3.8, 4) is 0 Å². The van der Waals surface area contributed by atoms with Crippen LogP contribution in [-0.4, -0.2) is 13.1 Å². The second kappa shape index (κ2) is 7.81. The molecule has 1 aliphatic rings. The molecule has 2 atom stereocenters. The van der Waals surface area contributed by atoms with Crippen LogP contribution in [0.1, 0.15) is 22.9 Å². The van der Waals surface area contributed by atoms with Crippen molar-refractivity contribution in [2.24, 2.45) is 0 Å². The summed E-state index contributed by atoms with van der Waals surface area (Å²) in [6.07, 6.45) is 0.122. The normalized spacial score (nSPS) is 22.4. The third-order valence-electron chi connectivity index (χ3n) is 5.35. The van der Waals surface area contributed by atoms with Crippen molar-refractivity contribution >= 4 is 0 Å². The van der Waals surface area contributed by atoms with E-state index in [2.05, 4.69) is 48.5 Å². The highest BCUT2D eigenvalue weighted by Crippen LogP contribution is 2.13. The summed E-state index contributed by atoms with van der Waals surface area (Å²) in [4.78, 5) is 2.87. The Balaban J connectivity index is 1.63. The highest BCUT2D eigenvalue weighted by atomic mass is 19.1. The van der Waals surface area contributed by atoms with Gasteiger partial charge in [0.05, 0.1) is 0 Å². The summed E-state index contributed by atoms with van der Waals surface area (Å²) in [5, 5.41) is 0. The molecule has 0 aromatic heterocycles. The van der Waals surface area contributed by atoms with Crippen molar-refractivity contribution in [3.05, 3.63) is 107 Å². The second-order valence-electron chi connectivity index (χ2n) is 7.10. The first kappa shape index (κ1) is 17.0. The Morgan fingerprint density at radius 3 is 1.62 bits per heavy atom. The van der Waals surface area contributed by atoms with E-state index >= 15 is 0 Å². The van der Waals surface area contributed by atoms with Crippen LogP contribution in [0.3, 0.4) is 0 Å². The van der Waals surface area contributed by atoms with Gasteiger partial charge in [-0.1, -0.05) is 72.8 Å². The predicted molar refractivity (Wildman–Crippen MR) is 101 cm³/mol. The fourth-order valence-electron chi connectivity index (χ4n) is 4.14. The average Bonchev–Trinajstić information content (AvgIpc) is 3.06. The summed E-state index contributed by atoms with van der Waals surface area (Å²) in [7, 11) is 0. The summed E-state index contributed by atoms with van der Waals surface area (Å²) in [5.41, 5.74) is 3.46. The van der Waals surface area contributed by atoms with E-state index in [0.717, 1.165) is 31.7 Å². The van der Waals surface area contributed by atoms with E-state index in [4.69, 9.17) is 0 Å². The minimum atomic E-state index is -0.0875. The average molecular weight is 348 g/mol. The van der Waals surface area contributed by atoms with Crippen LogP contribution in [0.5, 0.6) is 0 Å². The van der Waals surface area contributed by atoms with Gasteiger partial charge in [-0.05, 0) is 12.1 Å². The smallest absolute Gasteiger partial charge is 0.243 e. The van der Waals surface area contributed by atoms with Crippen molar-refractivity contribution < 1.29 is 14.2 Å². The Morgan fingerprint density at radius 2 is 1.12 bits per heavy atom. The standard InChI is InChI=1S/C23H23FN2/c24-22-14-8-7-13-21(22)23-25(17-19-9-3-1-4-10-19)15-16-26(23)18-20-11-5-2-6-12-20/h1-14,23H,15-18H2/p+2. The van der Waals surface area contributed by atoms with Gasteiger partial charge in [-0.3, -0.25) is 9.80 Å². The van der Waals surface area contributed by atoms with Gasteiger partial charge in [-0.15, -0.1) is 0 Å². The Kier molecular flexibility index (Phi) is 5.09. The Labute approximate surface area is 154 Å². The molecular formula is C23H25FN2+2. The van der Waals surface area contributed by atoms with Crippen molar-refractivity contribution in [2.75, 3.05) is 13.1 Å². The molecule has 2 N–H and O–H groups in total. The molecule has 26 heavy (non-hydrogen) atoms.